The van der Waals surface area contributed by atoms with Crippen molar-refractivity contribution in [3.05, 3.63) is 29.8 Å². The number of amides is 1. The van der Waals surface area contributed by atoms with Crippen LogP contribution in [0.15, 0.2) is 24.3 Å². The van der Waals surface area contributed by atoms with Crippen molar-refractivity contribution in [2.24, 2.45) is 0 Å². The van der Waals surface area contributed by atoms with Crippen molar-refractivity contribution in [2.75, 3.05) is 24.2 Å². The van der Waals surface area contributed by atoms with E-state index < -0.39 is 0 Å². The van der Waals surface area contributed by atoms with Gasteiger partial charge in [-0.3, -0.25) is 9.52 Å². The molecule has 0 spiro atoms. The maximum atomic E-state index is 11.9. The summed E-state index contributed by atoms with van der Waals surface area (Å²) in [6, 6.07) is 8.67. The zero-order valence-electron chi connectivity index (χ0n) is 12.0. The summed E-state index contributed by atoms with van der Waals surface area (Å²) in [5, 5.41) is 0. The number of anilines is 1. The summed E-state index contributed by atoms with van der Waals surface area (Å²) in [4.78, 5) is 13.9. The molecule has 0 bridgehead atoms. The topological polar surface area (TPSA) is 32.3 Å². The summed E-state index contributed by atoms with van der Waals surface area (Å²) < 4.78 is 3.39. The molecule has 1 saturated heterocycles. The molecule has 0 atom stereocenters. The quantitative estimate of drug-likeness (QED) is 0.846. The predicted octanol–water partition coefficient (Wildman–Crippen LogP) is 3.10. The van der Waals surface area contributed by atoms with Gasteiger partial charge in [0, 0.05) is 30.6 Å². The Bertz CT molecular complexity index is 482. The van der Waals surface area contributed by atoms with Crippen molar-refractivity contribution in [1.29, 1.82) is 0 Å². The first-order chi connectivity index (χ1) is 9.75. The second kappa shape index (κ2) is 5.78. The molecule has 20 heavy (non-hydrogen) atoms. The van der Waals surface area contributed by atoms with E-state index >= 15 is 0 Å². The average molecular weight is 290 g/mol. The molecule has 4 heteroatoms. The van der Waals surface area contributed by atoms with E-state index in [2.05, 4.69) is 35.2 Å². The van der Waals surface area contributed by atoms with Gasteiger partial charge in [0.05, 0.1) is 0 Å². The summed E-state index contributed by atoms with van der Waals surface area (Å²) in [5.41, 5.74) is 2.81. The van der Waals surface area contributed by atoms with Crippen molar-refractivity contribution in [2.45, 2.75) is 37.5 Å². The van der Waals surface area contributed by atoms with Crippen molar-refractivity contribution in [3.63, 3.8) is 0 Å². The van der Waals surface area contributed by atoms with Crippen LogP contribution in [-0.4, -0.2) is 25.3 Å². The number of rotatable bonds is 5. The number of nitrogens with one attached hydrogen (secondary N) is 1. The third-order valence-electron chi connectivity index (χ3n) is 4.52. The van der Waals surface area contributed by atoms with Crippen LogP contribution in [0.25, 0.3) is 0 Å². The van der Waals surface area contributed by atoms with E-state index in [1.807, 2.05) is 4.90 Å². The van der Waals surface area contributed by atoms with Gasteiger partial charge in [-0.05, 0) is 49.6 Å². The molecule has 1 aliphatic heterocycles. The molecule has 0 unspecified atom stereocenters. The molecule has 1 saturated carbocycles. The molecule has 1 aromatic carbocycles. The van der Waals surface area contributed by atoms with E-state index in [-0.39, 0.29) is 5.91 Å². The van der Waals surface area contributed by atoms with Crippen molar-refractivity contribution in [1.82, 2.24) is 4.72 Å². The van der Waals surface area contributed by atoms with Gasteiger partial charge in [-0.25, -0.2) is 0 Å². The minimum absolute atomic E-state index is 0.272. The van der Waals surface area contributed by atoms with Gasteiger partial charge in [0.15, 0.2) is 0 Å². The minimum atomic E-state index is 0.272. The molecule has 1 aromatic rings. The van der Waals surface area contributed by atoms with E-state index in [1.54, 1.807) is 11.9 Å². The number of carbonyl (C=O) groups is 1. The second-order valence-electron chi connectivity index (χ2n) is 5.85. The molecular formula is C16H22N2OS. The zero-order valence-corrected chi connectivity index (χ0v) is 12.8. The van der Waals surface area contributed by atoms with Gasteiger partial charge < -0.3 is 4.90 Å². The first-order valence-corrected chi connectivity index (χ1v) is 8.64. The molecule has 1 amide bonds. The summed E-state index contributed by atoms with van der Waals surface area (Å²) in [7, 11) is 0. The van der Waals surface area contributed by atoms with Crippen LogP contribution in [0.3, 0.4) is 0 Å². The first kappa shape index (κ1) is 14.0. The zero-order chi connectivity index (χ0) is 14.0. The summed E-state index contributed by atoms with van der Waals surface area (Å²) in [5.74, 6) is 0.272. The Morgan fingerprint density at radius 1 is 1.25 bits per heavy atom. The molecule has 2 aliphatic rings. The normalized spacial score (nSPS) is 21.1. The van der Waals surface area contributed by atoms with E-state index in [1.165, 1.54) is 18.4 Å². The molecule has 3 rings (SSSR count). The summed E-state index contributed by atoms with van der Waals surface area (Å²) in [6.07, 6.45) is 7.46. The molecule has 1 N–H and O–H groups in total. The van der Waals surface area contributed by atoms with E-state index in [4.69, 9.17) is 0 Å². The van der Waals surface area contributed by atoms with Crippen LogP contribution in [0.5, 0.6) is 0 Å². The highest BCUT2D eigenvalue weighted by Crippen LogP contribution is 2.48. The van der Waals surface area contributed by atoms with Gasteiger partial charge in [0.2, 0.25) is 5.91 Å². The van der Waals surface area contributed by atoms with Gasteiger partial charge in [-0.2, -0.15) is 0 Å². The van der Waals surface area contributed by atoms with Crippen molar-refractivity contribution >= 4 is 23.5 Å². The molecule has 1 heterocycles. The lowest BCUT2D eigenvalue weighted by atomic mass is 9.96. The lowest BCUT2D eigenvalue weighted by molar-refractivity contribution is -0.119. The number of hydrogen-bond acceptors (Lipinski definition) is 3. The maximum Gasteiger partial charge on any atom is 0.226 e. The Kier molecular flexibility index (Phi) is 4.03. The van der Waals surface area contributed by atoms with Gasteiger partial charge in [-0.15, -0.1) is 0 Å². The SMILES string of the molecule is CSNCC1(c2ccc(N3CCCCC3=O)cc2)CC1. The Labute approximate surface area is 125 Å². The number of carbonyl (C=O) groups excluding carboxylic acids is 1. The fraction of sp³-hybridized carbons (Fsp3) is 0.562. The van der Waals surface area contributed by atoms with Gasteiger partial charge in [-0.1, -0.05) is 24.1 Å². The molecular weight excluding hydrogens is 268 g/mol. The number of nitrogens with zero attached hydrogens (tertiary/aromatic N) is 1. The van der Waals surface area contributed by atoms with Crippen molar-refractivity contribution < 1.29 is 4.79 Å². The van der Waals surface area contributed by atoms with Gasteiger partial charge in [0.1, 0.15) is 0 Å². The number of benzene rings is 1. The third kappa shape index (κ3) is 2.72. The Hall–Kier alpha value is -1.00. The van der Waals surface area contributed by atoms with E-state index in [0.717, 1.165) is 31.6 Å². The highest BCUT2D eigenvalue weighted by Gasteiger charge is 2.43. The number of hydrogen-bond donors (Lipinski definition) is 1. The van der Waals surface area contributed by atoms with Crippen LogP contribution in [0.2, 0.25) is 0 Å². The molecule has 1 aliphatic carbocycles. The average Bonchev–Trinajstić information content (AvgIpc) is 3.27. The van der Waals surface area contributed by atoms with E-state index in [0.29, 0.717) is 11.8 Å². The second-order valence-corrected chi connectivity index (χ2v) is 6.55. The maximum absolute atomic E-state index is 11.9. The number of piperidine rings is 1. The fourth-order valence-electron chi connectivity index (χ4n) is 3.00. The molecule has 108 valence electrons. The van der Waals surface area contributed by atoms with Crippen LogP contribution in [0.1, 0.15) is 37.7 Å². The van der Waals surface area contributed by atoms with Crippen LogP contribution in [0.4, 0.5) is 5.69 Å². The van der Waals surface area contributed by atoms with Crippen LogP contribution < -0.4 is 9.62 Å². The van der Waals surface area contributed by atoms with E-state index in [9.17, 15) is 4.79 Å². The fourth-order valence-corrected chi connectivity index (χ4v) is 3.42. The van der Waals surface area contributed by atoms with Gasteiger partial charge in [0.25, 0.3) is 0 Å². The predicted molar refractivity (Wildman–Crippen MR) is 85.1 cm³/mol. The standard InChI is InChI=1S/C16H22N2OS/c1-20-17-12-16(9-10-16)13-5-7-14(8-6-13)18-11-3-2-4-15(18)19/h5-8,17H,2-4,9-12H2,1H3. The minimum Gasteiger partial charge on any atom is -0.312 e. The lowest BCUT2D eigenvalue weighted by Gasteiger charge is -2.27. The Balaban J connectivity index is 1.73. The third-order valence-corrected chi connectivity index (χ3v) is 4.96. The van der Waals surface area contributed by atoms with Gasteiger partial charge >= 0.3 is 0 Å². The highest BCUT2D eigenvalue weighted by atomic mass is 32.2. The largest absolute Gasteiger partial charge is 0.312 e. The molecule has 0 radical (unpaired) electrons. The Morgan fingerprint density at radius 2 is 2.00 bits per heavy atom. The molecule has 3 nitrogen and oxygen atoms in total. The lowest BCUT2D eigenvalue weighted by Crippen LogP contribution is -2.35. The monoisotopic (exact) mass is 290 g/mol. The van der Waals surface area contributed by atoms with Crippen molar-refractivity contribution in [3.8, 4) is 0 Å². The smallest absolute Gasteiger partial charge is 0.226 e. The first-order valence-electron chi connectivity index (χ1n) is 7.42. The van der Waals surface area contributed by atoms with Crippen LogP contribution in [0, 0.1) is 0 Å². The van der Waals surface area contributed by atoms with Crippen LogP contribution >= 0.6 is 11.9 Å². The summed E-state index contributed by atoms with van der Waals surface area (Å²) in [6.45, 7) is 1.91. The summed E-state index contributed by atoms with van der Waals surface area (Å²) >= 11 is 1.69. The highest BCUT2D eigenvalue weighted by molar-refractivity contribution is 7.96. The Morgan fingerprint density at radius 3 is 2.60 bits per heavy atom. The van der Waals surface area contributed by atoms with Crippen LogP contribution in [-0.2, 0) is 10.2 Å². The molecule has 0 aromatic heterocycles. The molecule has 2 fully saturated rings.